The van der Waals surface area contributed by atoms with E-state index in [0.717, 1.165) is 12.5 Å². The molecular formula is C16H18N2O5S. The molecule has 0 fully saturated rings. The first-order chi connectivity index (χ1) is 11.4. The van der Waals surface area contributed by atoms with Crippen LogP contribution in [0.3, 0.4) is 0 Å². The van der Waals surface area contributed by atoms with Gasteiger partial charge in [-0.15, -0.1) is 0 Å². The Bertz CT molecular complexity index is 803. The van der Waals surface area contributed by atoms with Gasteiger partial charge in [-0.1, -0.05) is 31.2 Å². The molecule has 0 unspecified atom stereocenters. The van der Waals surface area contributed by atoms with Crippen molar-refractivity contribution < 1.29 is 18.1 Å². The molecule has 2 aromatic rings. The second-order valence-electron chi connectivity index (χ2n) is 4.97. The van der Waals surface area contributed by atoms with Gasteiger partial charge in [0.05, 0.1) is 4.92 Å². The summed E-state index contributed by atoms with van der Waals surface area (Å²) in [7, 11) is -3.97. The smallest absolute Gasteiger partial charge is 0.289 e. The Morgan fingerprint density at radius 2 is 1.79 bits per heavy atom. The number of sulfonamides is 1. The molecule has 0 radical (unpaired) electrons. The summed E-state index contributed by atoms with van der Waals surface area (Å²) in [5.74, 6) is 0.636. The van der Waals surface area contributed by atoms with Crippen LogP contribution in [0.25, 0.3) is 0 Å². The average molecular weight is 350 g/mol. The van der Waals surface area contributed by atoms with Crippen LogP contribution in [-0.4, -0.2) is 26.5 Å². The van der Waals surface area contributed by atoms with Crippen LogP contribution < -0.4 is 9.46 Å². The molecule has 24 heavy (non-hydrogen) atoms. The van der Waals surface area contributed by atoms with Crippen LogP contribution in [0.15, 0.2) is 53.4 Å². The normalized spacial score (nSPS) is 11.2. The zero-order valence-corrected chi connectivity index (χ0v) is 14.0. The zero-order valence-electron chi connectivity index (χ0n) is 13.1. The van der Waals surface area contributed by atoms with Crippen molar-refractivity contribution in [3.05, 3.63) is 64.2 Å². The van der Waals surface area contributed by atoms with Gasteiger partial charge in [-0.2, -0.15) is 0 Å². The molecule has 0 spiro atoms. The molecule has 0 aliphatic rings. The van der Waals surface area contributed by atoms with Crippen LogP contribution in [0.1, 0.15) is 12.5 Å². The fourth-order valence-corrected chi connectivity index (χ4v) is 3.26. The molecule has 0 amide bonds. The highest BCUT2D eigenvalue weighted by Gasteiger charge is 2.24. The molecular weight excluding hydrogens is 332 g/mol. The lowest BCUT2D eigenvalue weighted by Crippen LogP contribution is -2.28. The van der Waals surface area contributed by atoms with Gasteiger partial charge in [0, 0.05) is 12.6 Å². The molecule has 0 bridgehead atoms. The number of nitrogens with one attached hydrogen (secondary N) is 1. The highest BCUT2D eigenvalue weighted by Crippen LogP contribution is 2.22. The topological polar surface area (TPSA) is 98.5 Å². The molecule has 2 rings (SSSR count). The van der Waals surface area contributed by atoms with Crippen molar-refractivity contribution in [3.63, 3.8) is 0 Å². The summed E-state index contributed by atoms with van der Waals surface area (Å²) in [5, 5.41) is 10.9. The van der Waals surface area contributed by atoms with E-state index in [0.29, 0.717) is 5.75 Å². The first-order valence-electron chi connectivity index (χ1n) is 7.39. The van der Waals surface area contributed by atoms with Crippen molar-refractivity contribution in [2.24, 2.45) is 0 Å². The van der Waals surface area contributed by atoms with Crippen LogP contribution in [0.4, 0.5) is 5.69 Å². The van der Waals surface area contributed by atoms with E-state index in [-0.39, 0.29) is 18.0 Å². The molecule has 1 N–H and O–H groups in total. The molecule has 7 nitrogen and oxygen atoms in total. The molecule has 0 heterocycles. The number of aryl methyl sites for hydroxylation is 1. The second-order valence-corrected chi connectivity index (χ2v) is 6.70. The number of ether oxygens (including phenoxy) is 1. The van der Waals surface area contributed by atoms with Gasteiger partial charge in [0.15, 0.2) is 4.90 Å². The van der Waals surface area contributed by atoms with E-state index < -0.39 is 20.6 Å². The number of nitro benzene ring substituents is 1. The van der Waals surface area contributed by atoms with Gasteiger partial charge < -0.3 is 4.74 Å². The SMILES string of the molecule is CCc1ccc(OCCNS(=O)(=O)c2ccccc2[N+](=O)[O-])cc1. The largest absolute Gasteiger partial charge is 0.492 e. The van der Waals surface area contributed by atoms with Crippen molar-refractivity contribution in [3.8, 4) is 5.75 Å². The molecule has 0 aliphatic heterocycles. The quantitative estimate of drug-likeness (QED) is 0.448. The standard InChI is InChI=1S/C16H18N2O5S/c1-2-13-7-9-14(10-8-13)23-12-11-17-24(21,22)16-6-4-3-5-15(16)18(19)20/h3-10,17H,2,11-12H2,1H3. The monoisotopic (exact) mass is 350 g/mol. The Morgan fingerprint density at radius 3 is 2.42 bits per heavy atom. The van der Waals surface area contributed by atoms with Gasteiger partial charge in [-0.3, -0.25) is 10.1 Å². The third-order valence-corrected chi connectivity index (χ3v) is 4.85. The van der Waals surface area contributed by atoms with Crippen molar-refractivity contribution in [2.75, 3.05) is 13.2 Å². The van der Waals surface area contributed by atoms with Crippen molar-refractivity contribution in [1.29, 1.82) is 0 Å². The summed E-state index contributed by atoms with van der Waals surface area (Å²) in [4.78, 5) is 9.84. The average Bonchev–Trinajstić information content (AvgIpc) is 2.59. The van der Waals surface area contributed by atoms with Crippen molar-refractivity contribution in [2.45, 2.75) is 18.2 Å². The summed E-state index contributed by atoms with van der Waals surface area (Å²) in [6.45, 7) is 2.17. The molecule has 8 heteroatoms. The molecule has 0 atom stereocenters. The molecule has 0 saturated carbocycles. The van der Waals surface area contributed by atoms with E-state index in [9.17, 15) is 18.5 Å². The summed E-state index contributed by atoms with van der Waals surface area (Å²) in [6, 6.07) is 12.7. The van der Waals surface area contributed by atoms with Crippen LogP contribution >= 0.6 is 0 Å². The van der Waals surface area contributed by atoms with Crippen LogP contribution in [-0.2, 0) is 16.4 Å². The van der Waals surface area contributed by atoms with Crippen LogP contribution in [0.5, 0.6) is 5.75 Å². The maximum Gasteiger partial charge on any atom is 0.289 e. The Balaban J connectivity index is 1.94. The van der Waals surface area contributed by atoms with Gasteiger partial charge in [0.25, 0.3) is 5.69 Å². The molecule has 2 aromatic carbocycles. The molecule has 0 aromatic heterocycles. The zero-order chi connectivity index (χ0) is 17.6. The number of rotatable bonds is 8. The summed E-state index contributed by atoms with van der Waals surface area (Å²) in [5.41, 5.74) is 0.723. The summed E-state index contributed by atoms with van der Waals surface area (Å²) >= 11 is 0. The summed E-state index contributed by atoms with van der Waals surface area (Å²) < 4.78 is 32.1. The highest BCUT2D eigenvalue weighted by atomic mass is 32.2. The Morgan fingerprint density at radius 1 is 1.12 bits per heavy atom. The minimum Gasteiger partial charge on any atom is -0.492 e. The molecule has 128 valence electrons. The maximum absolute atomic E-state index is 12.2. The van der Waals surface area contributed by atoms with E-state index in [1.54, 1.807) is 0 Å². The second kappa shape index (κ2) is 7.89. The predicted octanol–water partition coefficient (Wildman–Crippen LogP) is 2.51. The third kappa shape index (κ3) is 4.53. The Kier molecular flexibility index (Phi) is 5.88. The van der Waals surface area contributed by atoms with E-state index in [4.69, 9.17) is 4.74 Å². The number of para-hydroxylation sites is 1. The Hall–Kier alpha value is -2.45. The minimum atomic E-state index is -3.97. The lowest BCUT2D eigenvalue weighted by atomic mass is 10.2. The van der Waals surface area contributed by atoms with Gasteiger partial charge in [0.2, 0.25) is 10.0 Å². The first kappa shape index (κ1) is 17.9. The fraction of sp³-hybridized carbons (Fsp3) is 0.250. The van der Waals surface area contributed by atoms with Gasteiger partial charge in [0.1, 0.15) is 12.4 Å². The predicted molar refractivity (Wildman–Crippen MR) is 89.6 cm³/mol. The van der Waals surface area contributed by atoms with Gasteiger partial charge >= 0.3 is 0 Å². The minimum absolute atomic E-state index is 0.00388. The van der Waals surface area contributed by atoms with Crippen molar-refractivity contribution in [1.82, 2.24) is 4.72 Å². The number of hydrogen-bond acceptors (Lipinski definition) is 5. The lowest BCUT2D eigenvalue weighted by Gasteiger charge is -2.09. The highest BCUT2D eigenvalue weighted by molar-refractivity contribution is 7.89. The number of nitro groups is 1. The van der Waals surface area contributed by atoms with E-state index in [1.807, 2.05) is 31.2 Å². The van der Waals surface area contributed by atoms with Crippen LogP contribution in [0.2, 0.25) is 0 Å². The summed E-state index contributed by atoms with van der Waals surface area (Å²) in [6.07, 6.45) is 0.927. The molecule has 0 saturated heterocycles. The Labute approximate surface area is 140 Å². The lowest BCUT2D eigenvalue weighted by molar-refractivity contribution is -0.387. The van der Waals surface area contributed by atoms with E-state index >= 15 is 0 Å². The molecule has 0 aliphatic carbocycles. The maximum atomic E-state index is 12.2. The van der Waals surface area contributed by atoms with Gasteiger partial charge in [-0.05, 0) is 30.2 Å². The fourth-order valence-electron chi connectivity index (χ4n) is 2.08. The van der Waals surface area contributed by atoms with Crippen LogP contribution in [0, 0.1) is 10.1 Å². The number of benzene rings is 2. The number of nitrogens with zero attached hydrogens (tertiary/aromatic N) is 1. The van der Waals surface area contributed by atoms with E-state index in [1.165, 1.54) is 23.8 Å². The number of hydrogen-bond donors (Lipinski definition) is 1. The first-order valence-corrected chi connectivity index (χ1v) is 8.87. The van der Waals surface area contributed by atoms with E-state index in [2.05, 4.69) is 4.72 Å². The van der Waals surface area contributed by atoms with Gasteiger partial charge in [-0.25, -0.2) is 13.1 Å². The third-order valence-electron chi connectivity index (χ3n) is 3.35. The van der Waals surface area contributed by atoms with Crippen molar-refractivity contribution >= 4 is 15.7 Å².